The molecule has 5 atom stereocenters. The van der Waals surface area contributed by atoms with Crippen molar-refractivity contribution in [3.63, 3.8) is 0 Å². The van der Waals surface area contributed by atoms with Crippen molar-refractivity contribution in [1.82, 2.24) is 15.0 Å². The zero-order chi connectivity index (χ0) is 39.2. The minimum atomic E-state index is -2.90. The van der Waals surface area contributed by atoms with Gasteiger partial charge in [-0.15, -0.1) is 5.10 Å². The topological polar surface area (TPSA) is 133 Å². The minimum absolute atomic E-state index is 0.0826. The molecule has 1 saturated heterocycles. The molecule has 4 aromatic carbocycles. The molecule has 56 heavy (non-hydrogen) atoms. The maximum absolute atomic E-state index is 15.1. The molecule has 3 aliphatic rings. The first-order chi connectivity index (χ1) is 27.0. The largest absolute Gasteiger partial charge is 0.432 e. The van der Waals surface area contributed by atoms with Crippen LogP contribution >= 0.6 is 15.9 Å². The number of fused-ring (bicyclic) bond motifs is 2. The summed E-state index contributed by atoms with van der Waals surface area (Å²) >= 11 is 3.66. The van der Waals surface area contributed by atoms with Crippen LogP contribution in [0.3, 0.4) is 0 Å². The van der Waals surface area contributed by atoms with Crippen molar-refractivity contribution >= 4 is 53.1 Å². The summed E-state index contributed by atoms with van der Waals surface area (Å²) in [7, 11) is -2.90. The van der Waals surface area contributed by atoms with E-state index in [-0.39, 0.29) is 42.3 Å². The first kappa shape index (κ1) is 38.1. The molecule has 1 aromatic heterocycles. The minimum Gasteiger partial charge on any atom is -0.432 e. The van der Waals surface area contributed by atoms with E-state index in [9.17, 15) is 14.7 Å². The number of nitrogens with zero attached hydrogens (tertiary/aromatic N) is 6. The van der Waals surface area contributed by atoms with Crippen LogP contribution < -0.4 is 9.91 Å². The predicted octanol–water partition coefficient (Wildman–Crippen LogP) is 7.13. The van der Waals surface area contributed by atoms with E-state index < -0.39 is 20.0 Å². The van der Waals surface area contributed by atoms with E-state index in [1.54, 1.807) is 9.58 Å². The molecule has 11 nitrogen and oxygen atoms in total. The molecule has 13 heteroatoms. The number of aliphatic hydroxyl groups excluding tert-OH is 1. The Balaban J connectivity index is 1.07. The van der Waals surface area contributed by atoms with E-state index in [1.165, 1.54) is 5.01 Å². The average molecular weight is 834 g/mol. The summed E-state index contributed by atoms with van der Waals surface area (Å²) in [6.45, 7) is 6.47. The zero-order valence-corrected chi connectivity index (χ0v) is 34.2. The standard InChI is InChI=1S/C43H45BrN6O5Si/c1-28-41(56(2,3)54)39(21-22-48-26-37(45-47-48)34(27-51)30-12-6-4-7-13-30)55-43(28)35-24-32(44)17-19-38(35)49(42(43)53)25-29-11-10-16-33(23-29)50-40(52)20-18-36(46-50)31-14-8-5-9-15-31/h4-17,19,23-24,26,28,34,39,41,51,54H,18,20-22,25,27H2,1-3H3/t28-,34?,39+,41-,43+/m1/s1. The van der Waals surface area contributed by atoms with Crippen LogP contribution in [0.1, 0.15) is 60.1 Å². The predicted molar refractivity (Wildman–Crippen MR) is 221 cm³/mol. The lowest BCUT2D eigenvalue weighted by Crippen LogP contribution is -2.46. The highest BCUT2D eigenvalue weighted by molar-refractivity contribution is 9.10. The number of benzene rings is 4. The smallest absolute Gasteiger partial charge is 0.264 e. The zero-order valence-electron chi connectivity index (χ0n) is 31.6. The number of amides is 2. The number of aryl methyl sites for hydroxylation is 1. The molecule has 0 bridgehead atoms. The van der Waals surface area contributed by atoms with Crippen molar-refractivity contribution in [2.75, 3.05) is 16.5 Å². The van der Waals surface area contributed by atoms with Gasteiger partial charge in [-0.1, -0.05) is 101 Å². The molecule has 4 heterocycles. The molecule has 3 aliphatic heterocycles. The van der Waals surface area contributed by atoms with Gasteiger partial charge in [0.2, 0.25) is 5.91 Å². The van der Waals surface area contributed by atoms with E-state index >= 15 is 4.79 Å². The van der Waals surface area contributed by atoms with Crippen molar-refractivity contribution in [3.8, 4) is 0 Å². The van der Waals surface area contributed by atoms with E-state index in [1.807, 2.05) is 129 Å². The Hall–Kier alpha value is -4.79. The number of halogens is 1. The molecule has 288 valence electrons. The lowest BCUT2D eigenvalue weighted by Gasteiger charge is -2.32. The number of aliphatic hydroxyl groups is 1. The molecule has 0 saturated carbocycles. The Bertz CT molecular complexity index is 2280. The number of ether oxygens (including phenoxy) is 1. The third-order valence-corrected chi connectivity index (χ3v) is 14.5. The first-order valence-electron chi connectivity index (χ1n) is 19.1. The lowest BCUT2D eigenvalue weighted by molar-refractivity contribution is -0.146. The van der Waals surface area contributed by atoms with Crippen LogP contribution in [0.4, 0.5) is 11.4 Å². The van der Waals surface area contributed by atoms with Crippen LogP contribution in [-0.4, -0.2) is 63.5 Å². The molecule has 8 rings (SSSR count). The molecule has 0 radical (unpaired) electrons. The third kappa shape index (κ3) is 6.96. The highest BCUT2D eigenvalue weighted by atomic mass is 79.9. The summed E-state index contributed by atoms with van der Waals surface area (Å²) in [6, 6.07) is 33.1. The van der Waals surface area contributed by atoms with Gasteiger partial charge in [0, 0.05) is 47.1 Å². The van der Waals surface area contributed by atoms with Gasteiger partial charge in [0.25, 0.3) is 5.91 Å². The van der Waals surface area contributed by atoms with Crippen LogP contribution in [0.15, 0.2) is 119 Å². The van der Waals surface area contributed by atoms with Crippen LogP contribution in [0, 0.1) is 5.92 Å². The van der Waals surface area contributed by atoms with Gasteiger partial charge in [0.1, 0.15) is 0 Å². The molecule has 2 N–H and O–H groups in total. The first-order valence-corrected chi connectivity index (χ1v) is 22.9. The summed E-state index contributed by atoms with van der Waals surface area (Å²) < 4.78 is 9.65. The third-order valence-electron chi connectivity index (χ3n) is 11.5. The second-order valence-corrected chi connectivity index (χ2v) is 20.4. The number of anilines is 2. The Labute approximate surface area is 335 Å². The van der Waals surface area contributed by atoms with Gasteiger partial charge >= 0.3 is 0 Å². The Morgan fingerprint density at radius 1 is 0.964 bits per heavy atom. The van der Waals surface area contributed by atoms with Crippen molar-refractivity contribution in [1.29, 1.82) is 0 Å². The fraction of sp³-hybridized carbons (Fsp3) is 0.326. The van der Waals surface area contributed by atoms with E-state index in [2.05, 4.69) is 26.2 Å². The van der Waals surface area contributed by atoms with Gasteiger partial charge in [-0.2, -0.15) is 5.10 Å². The Morgan fingerprint density at radius 3 is 2.45 bits per heavy atom. The number of aromatic nitrogens is 3. The summed E-state index contributed by atoms with van der Waals surface area (Å²) in [6.07, 6.45) is 2.84. The molecule has 1 fully saturated rings. The number of hydrogen-bond acceptors (Lipinski definition) is 8. The van der Waals surface area contributed by atoms with E-state index in [0.29, 0.717) is 37.2 Å². The van der Waals surface area contributed by atoms with Gasteiger partial charge in [-0.25, -0.2) is 5.01 Å². The Kier molecular flexibility index (Phi) is 10.4. The molecule has 1 unspecified atom stereocenters. The fourth-order valence-electron chi connectivity index (χ4n) is 8.93. The lowest BCUT2D eigenvalue weighted by atomic mass is 9.82. The van der Waals surface area contributed by atoms with Gasteiger partial charge < -0.3 is 19.5 Å². The second-order valence-electron chi connectivity index (χ2n) is 15.5. The van der Waals surface area contributed by atoms with Crippen LogP contribution in [0.5, 0.6) is 0 Å². The second kappa shape index (κ2) is 15.3. The molecule has 2 amide bonds. The van der Waals surface area contributed by atoms with E-state index in [4.69, 9.17) is 9.84 Å². The van der Waals surface area contributed by atoms with Gasteiger partial charge in [0.15, 0.2) is 13.9 Å². The van der Waals surface area contributed by atoms with Crippen molar-refractivity contribution in [2.24, 2.45) is 11.0 Å². The van der Waals surface area contributed by atoms with Crippen LogP contribution in [0.2, 0.25) is 18.6 Å². The van der Waals surface area contributed by atoms with Gasteiger partial charge in [-0.3, -0.25) is 14.3 Å². The molecule has 1 spiro atoms. The van der Waals surface area contributed by atoms with Crippen molar-refractivity contribution in [2.45, 2.75) is 75.5 Å². The maximum atomic E-state index is 15.1. The number of carbonyl (C=O) groups excluding carboxylic acids is 2. The SMILES string of the molecule is C[C@@H]1[C@@H]([Si](C)(C)O)[C@H](CCn2cc(C(CO)c3ccccc3)nn2)O[C@@]12C(=O)N(Cc1cccc(N3N=C(c4ccccc4)CCC3=O)c1)c1ccc(Br)cc12. The highest BCUT2D eigenvalue weighted by Crippen LogP contribution is 2.60. The molecular formula is C43H45BrN6O5Si. The number of rotatable bonds is 11. The molecular weight excluding hydrogens is 788 g/mol. The monoisotopic (exact) mass is 832 g/mol. The van der Waals surface area contributed by atoms with Crippen molar-refractivity contribution < 1.29 is 24.2 Å². The molecule has 0 aliphatic carbocycles. The van der Waals surface area contributed by atoms with Gasteiger partial charge in [0.05, 0.1) is 48.0 Å². The number of carbonyl (C=O) groups is 2. The highest BCUT2D eigenvalue weighted by Gasteiger charge is 2.66. The van der Waals surface area contributed by atoms with E-state index in [0.717, 1.165) is 38.1 Å². The number of hydrogen-bond donors (Lipinski definition) is 2. The molecule has 5 aromatic rings. The average Bonchev–Trinajstić information content (AvgIpc) is 3.85. The quantitative estimate of drug-likeness (QED) is 0.135. The summed E-state index contributed by atoms with van der Waals surface area (Å²) in [5.74, 6) is -0.897. The summed E-state index contributed by atoms with van der Waals surface area (Å²) in [5.41, 5.74) is 4.88. The fourth-order valence-corrected chi connectivity index (χ4v) is 11.9. The van der Waals surface area contributed by atoms with Crippen molar-refractivity contribution in [3.05, 3.63) is 142 Å². The maximum Gasteiger partial charge on any atom is 0.264 e. The number of hydrazone groups is 1. The van der Waals surface area contributed by atoms with Gasteiger partial charge in [-0.05, 0) is 66.5 Å². The summed E-state index contributed by atoms with van der Waals surface area (Å²) in [5, 5.41) is 25.2. The summed E-state index contributed by atoms with van der Waals surface area (Å²) in [4.78, 5) is 41.8. The van der Waals surface area contributed by atoms with Crippen LogP contribution in [-0.2, 0) is 33.0 Å². The Morgan fingerprint density at radius 2 is 1.71 bits per heavy atom. The normalized spacial score (nSPS) is 22.8. The van der Waals surface area contributed by atoms with Crippen LogP contribution in [0.25, 0.3) is 0 Å².